The second-order valence-electron chi connectivity index (χ2n) is 3.85. The molecule has 0 saturated heterocycles. The molecule has 2 heterocycles. The fourth-order valence-electron chi connectivity index (χ4n) is 1.90. The van der Waals surface area contributed by atoms with Crippen molar-refractivity contribution in [1.82, 2.24) is 9.97 Å². The predicted molar refractivity (Wildman–Crippen MR) is 68.0 cm³/mol. The SMILES string of the molecule is [C-]#[N+]c1cnc2c(ccc3cc(C#N)cnc32)c1. The number of hydrogen-bond acceptors (Lipinski definition) is 3. The molecule has 2 aromatic heterocycles. The molecule has 0 aliphatic carbocycles. The summed E-state index contributed by atoms with van der Waals surface area (Å²) in [4.78, 5) is 11.9. The molecule has 0 bridgehead atoms. The number of nitriles is 1. The monoisotopic (exact) mass is 230 g/mol. The molecule has 1 aromatic carbocycles. The van der Waals surface area contributed by atoms with Crippen LogP contribution >= 0.6 is 0 Å². The minimum atomic E-state index is 0.510. The van der Waals surface area contributed by atoms with E-state index < -0.39 is 0 Å². The average molecular weight is 230 g/mol. The van der Waals surface area contributed by atoms with Gasteiger partial charge in [0.1, 0.15) is 6.07 Å². The van der Waals surface area contributed by atoms with Crippen LogP contribution in [-0.4, -0.2) is 9.97 Å². The van der Waals surface area contributed by atoms with Gasteiger partial charge in [0, 0.05) is 17.8 Å². The Hall–Kier alpha value is -2.98. The second kappa shape index (κ2) is 3.80. The Kier molecular flexibility index (Phi) is 2.15. The van der Waals surface area contributed by atoms with Crippen LogP contribution in [0.3, 0.4) is 0 Å². The number of nitrogens with zero attached hydrogens (tertiary/aromatic N) is 4. The normalized spacial score (nSPS) is 10.1. The van der Waals surface area contributed by atoms with Crippen molar-refractivity contribution >= 4 is 27.5 Å². The molecule has 82 valence electrons. The zero-order valence-corrected chi connectivity index (χ0v) is 9.25. The topological polar surface area (TPSA) is 53.9 Å². The number of hydrogen-bond donors (Lipinski definition) is 0. The van der Waals surface area contributed by atoms with E-state index in [0.717, 1.165) is 21.8 Å². The van der Waals surface area contributed by atoms with Crippen molar-refractivity contribution in [1.29, 1.82) is 5.26 Å². The molecule has 0 saturated carbocycles. The lowest BCUT2D eigenvalue weighted by Crippen LogP contribution is -1.86. The van der Waals surface area contributed by atoms with Crippen molar-refractivity contribution < 1.29 is 0 Å². The maximum atomic E-state index is 8.84. The Morgan fingerprint density at radius 1 is 1.06 bits per heavy atom. The summed E-state index contributed by atoms with van der Waals surface area (Å²) in [5, 5.41) is 10.6. The van der Waals surface area contributed by atoms with Crippen LogP contribution in [0.5, 0.6) is 0 Å². The molecule has 3 rings (SSSR count). The highest BCUT2D eigenvalue weighted by molar-refractivity contribution is 6.03. The molecule has 0 N–H and O–H groups in total. The van der Waals surface area contributed by atoms with Crippen molar-refractivity contribution in [3.8, 4) is 6.07 Å². The molecule has 3 aromatic rings. The number of rotatable bonds is 0. The van der Waals surface area contributed by atoms with Crippen LogP contribution in [0.25, 0.3) is 26.7 Å². The molecule has 0 spiro atoms. The van der Waals surface area contributed by atoms with Crippen LogP contribution in [0.15, 0.2) is 36.7 Å². The highest BCUT2D eigenvalue weighted by atomic mass is 14.8. The third-order valence-electron chi connectivity index (χ3n) is 2.74. The minimum absolute atomic E-state index is 0.510. The Morgan fingerprint density at radius 2 is 1.72 bits per heavy atom. The molecule has 18 heavy (non-hydrogen) atoms. The minimum Gasteiger partial charge on any atom is -0.266 e. The molecule has 0 aliphatic rings. The van der Waals surface area contributed by atoms with E-state index >= 15 is 0 Å². The number of aromatic nitrogens is 2. The zero-order chi connectivity index (χ0) is 12.5. The Morgan fingerprint density at radius 3 is 2.39 bits per heavy atom. The lowest BCUT2D eigenvalue weighted by molar-refractivity contribution is 1.36. The largest absolute Gasteiger partial charge is 0.266 e. The fourth-order valence-corrected chi connectivity index (χ4v) is 1.90. The van der Waals surface area contributed by atoms with E-state index in [-0.39, 0.29) is 0 Å². The van der Waals surface area contributed by atoms with Crippen molar-refractivity contribution in [2.24, 2.45) is 0 Å². The highest BCUT2D eigenvalue weighted by Crippen LogP contribution is 2.25. The molecule has 0 atom stereocenters. The summed E-state index contributed by atoms with van der Waals surface area (Å²) in [6, 6.07) is 9.41. The molecule has 0 unspecified atom stereocenters. The highest BCUT2D eigenvalue weighted by Gasteiger charge is 2.05. The first-order valence-corrected chi connectivity index (χ1v) is 5.28. The van der Waals surface area contributed by atoms with Crippen LogP contribution in [0.1, 0.15) is 5.56 Å². The maximum Gasteiger partial charge on any atom is 0.205 e. The van der Waals surface area contributed by atoms with Gasteiger partial charge in [-0.25, -0.2) is 4.85 Å². The second-order valence-corrected chi connectivity index (χ2v) is 3.85. The van der Waals surface area contributed by atoms with E-state index in [1.54, 1.807) is 12.1 Å². The van der Waals surface area contributed by atoms with Gasteiger partial charge in [0.05, 0.1) is 23.2 Å². The Labute approximate surface area is 103 Å². The first-order chi connectivity index (χ1) is 8.81. The van der Waals surface area contributed by atoms with E-state index in [4.69, 9.17) is 11.8 Å². The van der Waals surface area contributed by atoms with Gasteiger partial charge in [-0.2, -0.15) is 5.26 Å². The summed E-state index contributed by atoms with van der Waals surface area (Å²) >= 11 is 0. The fraction of sp³-hybridized carbons (Fsp3) is 0. The van der Waals surface area contributed by atoms with Crippen LogP contribution in [0.2, 0.25) is 0 Å². The third-order valence-corrected chi connectivity index (χ3v) is 2.74. The lowest BCUT2D eigenvalue weighted by atomic mass is 10.1. The molecule has 0 aliphatic heterocycles. The van der Waals surface area contributed by atoms with E-state index in [1.807, 2.05) is 12.1 Å². The summed E-state index contributed by atoms with van der Waals surface area (Å²) in [7, 11) is 0. The van der Waals surface area contributed by atoms with Gasteiger partial charge in [0.2, 0.25) is 5.69 Å². The van der Waals surface area contributed by atoms with Crippen molar-refractivity contribution in [3.63, 3.8) is 0 Å². The summed E-state index contributed by atoms with van der Waals surface area (Å²) in [6.07, 6.45) is 3.07. The summed E-state index contributed by atoms with van der Waals surface area (Å²) in [5.74, 6) is 0. The van der Waals surface area contributed by atoms with E-state index in [0.29, 0.717) is 11.3 Å². The third kappa shape index (κ3) is 1.45. The van der Waals surface area contributed by atoms with Crippen molar-refractivity contribution in [2.75, 3.05) is 0 Å². The molecule has 0 radical (unpaired) electrons. The van der Waals surface area contributed by atoms with Crippen LogP contribution in [-0.2, 0) is 0 Å². The summed E-state index contributed by atoms with van der Waals surface area (Å²) in [6.45, 7) is 6.97. The van der Waals surface area contributed by atoms with Gasteiger partial charge >= 0.3 is 0 Å². The van der Waals surface area contributed by atoms with Gasteiger partial charge in [-0.15, -0.1) is 0 Å². The van der Waals surface area contributed by atoms with Crippen molar-refractivity contribution in [3.05, 3.63) is 53.6 Å². The van der Waals surface area contributed by atoms with Gasteiger partial charge in [-0.05, 0) is 17.5 Å². The summed E-state index contributed by atoms with van der Waals surface area (Å²) in [5.41, 5.74) is 2.54. The van der Waals surface area contributed by atoms with E-state index in [9.17, 15) is 0 Å². The van der Waals surface area contributed by atoms with Gasteiger partial charge in [0.15, 0.2) is 0 Å². The van der Waals surface area contributed by atoms with Gasteiger partial charge in [-0.1, -0.05) is 12.1 Å². The average Bonchev–Trinajstić information content (AvgIpc) is 2.45. The lowest BCUT2D eigenvalue weighted by Gasteiger charge is -2.02. The van der Waals surface area contributed by atoms with Crippen LogP contribution in [0.4, 0.5) is 5.69 Å². The zero-order valence-electron chi connectivity index (χ0n) is 9.25. The van der Waals surface area contributed by atoms with E-state index in [1.165, 1.54) is 12.4 Å². The van der Waals surface area contributed by atoms with Gasteiger partial charge in [0.25, 0.3) is 0 Å². The van der Waals surface area contributed by atoms with E-state index in [2.05, 4.69) is 20.9 Å². The summed E-state index contributed by atoms with van der Waals surface area (Å²) < 4.78 is 0. The smallest absolute Gasteiger partial charge is 0.205 e. The molecule has 4 nitrogen and oxygen atoms in total. The van der Waals surface area contributed by atoms with Crippen molar-refractivity contribution in [2.45, 2.75) is 0 Å². The molecule has 0 amide bonds. The first-order valence-electron chi connectivity index (χ1n) is 5.28. The van der Waals surface area contributed by atoms with Crippen LogP contribution in [0, 0.1) is 17.9 Å². The first kappa shape index (κ1) is 10.2. The number of pyridine rings is 2. The Bertz CT molecular complexity index is 780. The van der Waals surface area contributed by atoms with Crippen LogP contribution < -0.4 is 0 Å². The quantitative estimate of drug-likeness (QED) is 0.440. The molecule has 4 heteroatoms. The molecular weight excluding hydrogens is 224 g/mol. The predicted octanol–water partition coefficient (Wildman–Crippen LogP) is 3.21. The molecular formula is C14H6N4. The van der Waals surface area contributed by atoms with Gasteiger partial charge in [-0.3, -0.25) is 9.97 Å². The number of fused-ring (bicyclic) bond motifs is 3. The molecule has 0 fully saturated rings. The van der Waals surface area contributed by atoms with Gasteiger partial charge < -0.3 is 0 Å². The Balaban J connectivity index is 2.41. The standard InChI is InChI=1S/C14H6N4/c1-16-12-5-11-3-2-10-4-9(6-15)7-17-13(10)14(11)18-8-12/h2-5,7-8H. The maximum absolute atomic E-state index is 8.84. The number of benzene rings is 1.